The third-order valence-electron chi connectivity index (χ3n) is 7.35. The molecule has 0 aromatic heterocycles. The third-order valence-corrected chi connectivity index (χ3v) is 7.35. The topological polar surface area (TPSA) is 67.6 Å². The average Bonchev–Trinajstić information content (AvgIpc) is 3.04. The number of aliphatic hydroxyl groups is 1. The molecular weight excluding hydrogens is 395 g/mol. The van der Waals surface area contributed by atoms with E-state index in [1.807, 2.05) is 9.80 Å². The van der Waals surface area contributed by atoms with Gasteiger partial charge in [0.1, 0.15) is 0 Å². The predicted octanol–water partition coefficient (Wildman–Crippen LogP) is 3.41. The molecule has 1 amide bonds. The van der Waals surface area contributed by atoms with E-state index < -0.39 is 11.7 Å². The van der Waals surface area contributed by atoms with Crippen molar-refractivity contribution in [1.82, 2.24) is 4.90 Å². The van der Waals surface area contributed by atoms with Gasteiger partial charge in [-0.1, -0.05) is 6.42 Å². The first kappa shape index (κ1) is 21.0. The largest absolute Gasteiger partial charge is 0.417 e. The molecule has 1 aromatic rings. The van der Waals surface area contributed by atoms with Crippen LogP contribution in [0.25, 0.3) is 0 Å². The van der Waals surface area contributed by atoms with Crippen LogP contribution in [0.4, 0.5) is 18.9 Å². The van der Waals surface area contributed by atoms with E-state index in [9.17, 15) is 23.1 Å². The summed E-state index contributed by atoms with van der Waals surface area (Å²) in [6.45, 7) is 2.34. The van der Waals surface area contributed by atoms with Crippen LogP contribution in [0.3, 0.4) is 0 Å². The van der Waals surface area contributed by atoms with Crippen molar-refractivity contribution in [2.75, 3.05) is 37.7 Å². The lowest BCUT2D eigenvalue weighted by molar-refractivity contribution is -0.138. The fourth-order valence-electron chi connectivity index (χ4n) is 5.20. The maximum absolute atomic E-state index is 13.3. The molecular formula is C22H26F3N3O2. The zero-order valence-corrected chi connectivity index (χ0v) is 16.8. The summed E-state index contributed by atoms with van der Waals surface area (Å²) in [6.07, 6.45) is -0.158. The number of hydrogen-bond acceptors (Lipinski definition) is 4. The number of nitrogens with zero attached hydrogens (tertiary/aromatic N) is 3. The van der Waals surface area contributed by atoms with E-state index in [1.165, 1.54) is 6.07 Å². The predicted molar refractivity (Wildman–Crippen MR) is 105 cm³/mol. The number of amides is 1. The van der Waals surface area contributed by atoms with Crippen LogP contribution in [0.5, 0.6) is 0 Å². The molecule has 1 aromatic carbocycles. The Balaban J connectivity index is 1.48. The van der Waals surface area contributed by atoms with Crippen molar-refractivity contribution in [2.24, 2.45) is 17.3 Å². The third kappa shape index (κ3) is 3.64. The Morgan fingerprint density at radius 1 is 1.27 bits per heavy atom. The minimum absolute atomic E-state index is 0.00961. The van der Waals surface area contributed by atoms with Crippen molar-refractivity contribution in [3.05, 3.63) is 29.3 Å². The maximum Gasteiger partial charge on any atom is 0.417 e. The van der Waals surface area contributed by atoms with E-state index in [0.717, 1.165) is 25.3 Å². The maximum atomic E-state index is 13.3. The first-order valence-electron chi connectivity index (χ1n) is 10.5. The van der Waals surface area contributed by atoms with E-state index in [0.29, 0.717) is 44.7 Å². The fourth-order valence-corrected chi connectivity index (χ4v) is 5.20. The van der Waals surface area contributed by atoms with Crippen LogP contribution < -0.4 is 4.90 Å². The minimum Gasteiger partial charge on any atom is -0.396 e. The van der Waals surface area contributed by atoms with Gasteiger partial charge in [0.25, 0.3) is 0 Å². The second-order valence-corrected chi connectivity index (χ2v) is 8.91. The summed E-state index contributed by atoms with van der Waals surface area (Å²) in [5.41, 5.74) is -1.00. The summed E-state index contributed by atoms with van der Waals surface area (Å²) in [5.74, 6) is 0.329. The molecule has 1 atom stereocenters. The average molecular weight is 421 g/mol. The molecule has 1 N–H and O–H groups in total. The minimum atomic E-state index is -4.58. The van der Waals surface area contributed by atoms with Gasteiger partial charge in [-0.25, -0.2) is 0 Å². The van der Waals surface area contributed by atoms with E-state index in [1.54, 1.807) is 12.1 Å². The van der Waals surface area contributed by atoms with E-state index in [-0.39, 0.29) is 35.3 Å². The highest BCUT2D eigenvalue weighted by molar-refractivity contribution is 5.80. The SMILES string of the molecule is N#Cc1ccc(N2CCC3(CC2)CN(C(=O)C2CCC2)CC3CO)cc1C(F)(F)F. The van der Waals surface area contributed by atoms with Gasteiger partial charge in [-0.2, -0.15) is 18.4 Å². The molecule has 5 nitrogen and oxygen atoms in total. The molecule has 8 heteroatoms. The zero-order valence-electron chi connectivity index (χ0n) is 16.8. The standard InChI is InChI=1S/C22H26F3N3O2/c23-22(24,25)19-10-18(5-4-16(19)11-26)27-8-6-21(7-9-27)14-28(12-17(21)13-29)20(30)15-2-1-3-15/h4-5,10,15,17,29H,1-3,6-9,12-14H2. The number of carbonyl (C=O) groups excluding carboxylic acids is 1. The van der Waals surface area contributed by atoms with Gasteiger partial charge in [-0.05, 0) is 49.3 Å². The number of halogens is 3. The number of anilines is 1. The monoisotopic (exact) mass is 421 g/mol. The summed E-state index contributed by atoms with van der Waals surface area (Å²) in [4.78, 5) is 16.5. The van der Waals surface area contributed by atoms with Gasteiger partial charge in [-0.3, -0.25) is 4.79 Å². The summed E-state index contributed by atoms with van der Waals surface area (Å²) in [7, 11) is 0. The van der Waals surface area contributed by atoms with E-state index in [4.69, 9.17) is 5.26 Å². The number of nitriles is 1. The molecule has 2 saturated heterocycles. The van der Waals surface area contributed by atoms with Gasteiger partial charge < -0.3 is 14.9 Å². The van der Waals surface area contributed by atoms with Gasteiger partial charge in [0, 0.05) is 50.3 Å². The molecule has 2 aliphatic heterocycles. The van der Waals surface area contributed by atoms with Gasteiger partial charge in [0.05, 0.1) is 17.2 Å². The Morgan fingerprint density at radius 3 is 2.50 bits per heavy atom. The lowest BCUT2D eigenvalue weighted by atomic mass is 9.71. The van der Waals surface area contributed by atoms with Crippen molar-refractivity contribution >= 4 is 11.6 Å². The van der Waals surface area contributed by atoms with Gasteiger partial charge in [-0.15, -0.1) is 0 Å². The molecule has 1 unspecified atom stereocenters. The molecule has 3 fully saturated rings. The number of alkyl halides is 3. The summed E-state index contributed by atoms with van der Waals surface area (Å²) < 4.78 is 39.9. The molecule has 1 aliphatic carbocycles. The molecule has 3 aliphatic rings. The molecule has 1 saturated carbocycles. The van der Waals surface area contributed by atoms with Gasteiger partial charge in [0.15, 0.2) is 0 Å². The molecule has 0 radical (unpaired) electrons. The highest BCUT2D eigenvalue weighted by atomic mass is 19.4. The Kier molecular flexibility index (Phi) is 5.43. The molecule has 0 bridgehead atoms. The highest BCUT2D eigenvalue weighted by Gasteiger charge is 2.50. The quantitative estimate of drug-likeness (QED) is 0.812. The molecule has 162 valence electrons. The number of hydrogen-bond donors (Lipinski definition) is 1. The summed E-state index contributed by atoms with van der Waals surface area (Å²) in [6, 6.07) is 5.47. The Morgan fingerprint density at radius 2 is 1.97 bits per heavy atom. The molecule has 2 heterocycles. The fraction of sp³-hybridized carbons (Fsp3) is 0.636. The Hall–Kier alpha value is -2.27. The summed E-state index contributed by atoms with van der Waals surface area (Å²) >= 11 is 0. The number of aliphatic hydroxyl groups excluding tert-OH is 1. The second kappa shape index (κ2) is 7.77. The number of rotatable bonds is 3. The number of benzene rings is 1. The molecule has 4 rings (SSSR count). The van der Waals surface area contributed by atoms with Crippen LogP contribution in [0.15, 0.2) is 18.2 Å². The molecule has 1 spiro atoms. The van der Waals surface area contributed by atoms with Gasteiger partial charge in [0.2, 0.25) is 5.91 Å². The Labute approximate surface area is 174 Å². The van der Waals surface area contributed by atoms with E-state index >= 15 is 0 Å². The number of likely N-dealkylation sites (tertiary alicyclic amines) is 1. The van der Waals surface area contributed by atoms with Crippen LogP contribution in [0.1, 0.15) is 43.2 Å². The van der Waals surface area contributed by atoms with Crippen LogP contribution in [-0.2, 0) is 11.0 Å². The first-order valence-corrected chi connectivity index (χ1v) is 10.5. The Bertz CT molecular complexity index is 852. The molecule has 30 heavy (non-hydrogen) atoms. The number of piperidine rings is 1. The van der Waals surface area contributed by atoms with Crippen molar-refractivity contribution in [3.63, 3.8) is 0 Å². The van der Waals surface area contributed by atoms with Crippen LogP contribution in [0.2, 0.25) is 0 Å². The van der Waals surface area contributed by atoms with Crippen LogP contribution in [-0.4, -0.2) is 48.7 Å². The normalized spacial score (nSPS) is 24.0. The van der Waals surface area contributed by atoms with Crippen molar-refractivity contribution in [2.45, 2.75) is 38.3 Å². The first-order chi connectivity index (χ1) is 14.3. The van der Waals surface area contributed by atoms with Gasteiger partial charge >= 0.3 is 6.18 Å². The van der Waals surface area contributed by atoms with Crippen LogP contribution in [0, 0.1) is 28.6 Å². The van der Waals surface area contributed by atoms with Crippen molar-refractivity contribution in [1.29, 1.82) is 5.26 Å². The van der Waals surface area contributed by atoms with Crippen molar-refractivity contribution in [3.8, 4) is 6.07 Å². The lowest BCUT2D eigenvalue weighted by Gasteiger charge is -2.43. The lowest BCUT2D eigenvalue weighted by Crippen LogP contribution is -2.46. The highest BCUT2D eigenvalue weighted by Crippen LogP contribution is 2.46. The van der Waals surface area contributed by atoms with E-state index in [2.05, 4.69) is 0 Å². The summed E-state index contributed by atoms with van der Waals surface area (Å²) in [5, 5.41) is 18.9. The van der Waals surface area contributed by atoms with Crippen LogP contribution >= 0.6 is 0 Å². The number of carbonyl (C=O) groups is 1. The second-order valence-electron chi connectivity index (χ2n) is 8.91. The zero-order chi connectivity index (χ0) is 21.5. The van der Waals surface area contributed by atoms with Crippen molar-refractivity contribution < 1.29 is 23.1 Å². The smallest absolute Gasteiger partial charge is 0.396 e.